The first-order chi connectivity index (χ1) is 21.9. The Hall–Kier alpha value is -3.60. The molecule has 4 N–H and O–H groups in total. The molecule has 3 aromatic rings. The number of likely N-dealkylation sites (tertiary alicyclic amines) is 1. The van der Waals surface area contributed by atoms with Crippen LogP contribution in [0.2, 0.25) is 0 Å². The number of nitrogens with one attached hydrogen (secondary N) is 1. The Morgan fingerprint density at radius 1 is 0.867 bits per heavy atom. The Labute approximate surface area is 264 Å². The predicted octanol–water partition coefficient (Wildman–Crippen LogP) is 5.11. The fraction of sp³-hybridized carbons (Fsp3) is 0.444. The van der Waals surface area contributed by atoms with Crippen molar-refractivity contribution in [1.82, 2.24) is 10.2 Å². The number of aliphatic carboxylic acids is 1. The number of ether oxygens (including phenoxy) is 2. The first-order valence-corrected chi connectivity index (χ1v) is 15.9. The van der Waals surface area contributed by atoms with E-state index in [9.17, 15) is 19.8 Å². The number of aliphatic hydroxyl groups excluding tert-OH is 2. The number of aliphatic hydroxyl groups is 2. The summed E-state index contributed by atoms with van der Waals surface area (Å²) >= 11 is 0. The normalized spacial score (nSPS) is 21.9. The molecular weight excluding hydrogens is 572 g/mol. The Morgan fingerprint density at radius 2 is 1.62 bits per heavy atom. The first-order valence-electron chi connectivity index (χ1n) is 15.9. The van der Waals surface area contributed by atoms with Crippen molar-refractivity contribution < 1.29 is 34.4 Å². The van der Waals surface area contributed by atoms with Crippen molar-refractivity contribution in [2.45, 2.75) is 82.6 Å². The third-order valence-electron chi connectivity index (χ3n) is 8.74. The molecule has 2 aliphatic heterocycles. The van der Waals surface area contributed by atoms with E-state index in [-0.39, 0.29) is 43.8 Å². The van der Waals surface area contributed by atoms with Crippen LogP contribution in [-0.4, -0.2) is 63.9 Å². The maximum atomic E-state index is 12.2. The van der Waals surface area contributed by atoms with Crippen LogP contribution >= 0.6 is 0 Å². The summed E-state index contributed by atoms with van der Waals surface area (Å²) in [6.45, 7) is 2.25. The Morgan fingerprint density at radius 3 is 2.36 bits per heavy atom. The van der Waals surface area contributed by atoms with Gasteiger partial charge in [-0.3, -0.25) is 14.5 Å². The lowest BCUT2D eigenvalue weighted by molar-refractivity contribution is -0.253. The molecule has 0 aromatic heterocycles. The maximum Gasteiger partial charge on any atom is 0.303 e. The monoisotopic (exact) mass is 616 g/mol. The van der Waals surface area contributed by atoms with Crippen LogP contribution in [0.15, 0.2) is 72.8 Å². The summed E-state index contributed by atoms with van der Waals surface area (Å²) in [4.78, 5) is 25.2. The van der Waals surface area contributed by atoms with E-state index in [1.807, 2.05) is 54.6 Å². The SMILES string of the molecule is O=C(O)CCCCC(=O)NCc1cccc(-c2ccc([C@H]3O[C@@H](CN4CCC[C@H]4CO)C[C@@H](c4ccc(CO)cc4)O3)cc2)c1. The summed E-state index contributed by atoms with van der Waals surface area (Å²) in [5.74, 6) is -0.924. The second-order valence-electron chi connectivity index (χ2n) is 12.0. The van der Waals surface area contributed by atoms with E-state index in [2.05, 4.69) is 28.4 Å². The van der Waals surface area contributed by atoms with Gasteiger partial charge in [-0.2, -0.15) is 0 Å². The molecule has 2 heterocycles. The Bertz CT molecular complexity index is 1400. The zero-order chi connectivity index (χ0) is 31.6. The largest absolute Gasteiger partial charge is 0.481 e. The number of carboxylic acids is 1. The van der Waals surface area contributed by atoms with Gasteiger partial charge in [0.25, 0.3) is 0 Å². The van der Waals surface area contributed by atoms with Gasteiger partial charge >= 0.3 is 5.97 Å². The van der Waals surface area contributed by atoms with Gasteiger partial charge in [-0.05, 0) is 66.1 Å². The molecule has 2 aliphatic rings. The van der Waals surface area contributed by atoms with Gasteiger partial charge in [-0.1, -0.05) is 66.7 Å². The molecule has 0 aliphatic carbocycles. The minimum Gasteiger partial charge on any atom is -0.481 e. The number of hydrogen-bond donors (Lipinski definition) is 4. The molecule has 4 atom stereocenters. The molecule has 9 heteroatoms. The number of carbonyl (C=O) groups excluding carboxylic acids is 1. The van der Waals surface area contributed by atoms with E-state index in [0.717, 1.165) is 59.3 Å². The molecule has 2 fully saturated rings. The zero-order valence-electron chi connectivity index (χ0n) is 25.6. The number of hydrogen-bond acceptors (Lipinski definition) is 7. The van der Waals surface area contributed by atoms with Crippen molar-refractivity contribution in [3.8, 4) is 11.1 Å². The lowest BCUT2D eigenvalue weighted by Gasteiger charge is -2.38. The number of rotatable bonds is 14. The van der Waals surface area contributed by atoms with Crippen LogP contribution in [-0.2, 0) is 32.2 Å². The van der Waals surface area contributed by atoms with Gasteiger partial charge < -0.3 is 30.1 Å². The highest BCUT2D eigenvalue weighted by Gasteiger charge is 2.35. The molecule has 2 saturated heterocycles. The predicted molar refractivity (Wildman–Crippen MR) is 170 cm³/mol. The molecule has 1 amide bonds. The van der Waals surface area contributed by atoms with E-state index in [1.54, 1.807) is 0 Å². The fourth-order valence-electron chi connectivity index (χ4n) is 6.18. The average molecular weight is 617 g/mol. The average Bonchev–Trinajstić information content (AvgIpc) is 3.52. The smallest absolute Gasteiger partial charge is 0.303 e. The van der Waals surface area contributed by atoms with Crippen molar-refractivity contribution in [2.24, 2.45) is 0 Å². The van der Waals surface area contributed by atoms with E-state index in [1.165, 1.54) is 0 Å². The lowest BCUT2D eigenvalue weighted by Crippen LogP contribution is -2.42. The highest BCUT2D eigenvalue weighted by Crippen LogP contribution is 2.39. The molecule has 0 saturated carbocycles. The van der Waals surface area contributed by atoms with E-state index in [4.69, 9.17) is 14.6 Å². The van der Waals surface area contributed by atoms with E-state index < -0.39 is 12.3 Å². The van der Waals surface area contributed by atoms with Gasteiger partial charge in [0.05, 0.1) is 25.4 Å². The molecular formula is C36H44N2O7. The van der Waals surface area contributed by atoms with Gasteiger partial charge in [0.15, 0.2) is 6.29 Å². The summed E-state index contributed by atoms with van der Waals surface area (Å²) in [7, 11) is 0. The summed E-state index contributed by atoms with van der Waals surface area (Å²) in [6, 6.07) is 24.3. The van der Waals surface area contributed by atoms with Gasteiger partial charge in [0.2, 0.25) is 5.91 Å². The molecule has 0 radical (unpaired) electrons. The molecule has 0 bridgehead atoms. The minimum atomic E-state index is -0.841. The number of unbranched alkanes of at least 4 members (excludes halogenated alkanes) is 1. The minimum absolute atomic E-state index is 0.00223. The number of nitrogens with zero attached hydrogens (tertiary/aromatic N) is 1. The summed E-state index contributed by atoms with van der Waals surface area (Å²) < 4.78 is 13.1. The molecule has 5 rings (SSSR count). The molecule has 0 spiro atoms. The van der Waals surface area contributed by atoms with Crippen LogP contribution in [0, 0.1) is 0 Å². The lowest BCUT2D eigenvalue weighted by atomic mass is 9.98. The topological polar surface area (TPSA) is 129 Å². The van der Waals surface area contributed by atoms with E-state index >= 15 is 0 Å². The van der Waals surface area contributed by atoms with Gasteiger partial charge in [0, 0.05) is 44.0 Å². The second-order valence-corrected chi connectivity index (χ2v) is 12.0. The van der Waals surface area contributed by atoms with Crippen molar-refractivity contribution in [3.05, 3.63) is 95.1 Å². The quantitative estimate of drug-likeness (QED) is 0.184. The molecule has 240 valence electrons. The number of carbonyl (C=O) groups is 2. The number of carboxylic acid groups (broad SMARTS) is 1. The standard InChI is InChI=1S/C36H44N2O7/c39-23-25-10-12-28(13-11-25)33-20-32(22-38-18-4-7-31(38)24-40)44-36(45-33)29-16-14-27(15-17-29)30-6-3-5-26(19-30)21-37-34(41)8-1-2-9-35(42)43/h3,5-6,10-17,19,31-33,36,39-40H,1-2,4,7-9,18,20-24H2,(H,37,41)(H,42,43)/t31-,32+,33-,36-/m0/s1. The van der Waals surface area contributed by atoms with Crippen molar-refractivity contribution in [3.63, 3.8) is 0 Å². The first kappa shape index (κ1) is 32.8. The van der Waals surface area contributed by atoms with Gasteiger partial charge in [0.1, 0.15) is 0 Å². The molecule has 0 unspecified atom stereocenters. The molecule has 45 heavy (non-hydrogen) atoms. The third kappa shape index (κ3) is 9.22. The van der Waals surface area contributed by atoms with Gasteiger partial charge in [-0.25, -0.2) is 0 Å². The van der Waals surface area contributed by atoms with Crippen LogP contribution in [0.5, 0.6) is 0 Å². The van der Waals surface area contributed by atoms with Crippen LogP contribution < -0.4 is 5.32 Å². The fourth-order valence-corrected chi connectivity index (χ4v) is 6.18. The molecule has 3 aromatic carbocycles. The summed E-state index contributed by atoms with van der Waals surface area (Å²) in [5.41, 5.74) is 5.88. The Balaban J connectivity index is 1.24. The second kappa shape index (κ2) is 16.1. The third-order valence-corrected chi connectivity index (χ3v) is 8.74. The van der Waals surface area contributed by atoms with E-state index in [0.29, 0.717) is 32.2 Å². The van der Waals surface area contributed by atoms with Crippen LogP contribution in [0.4, 0.5) is 0 Å². The van der Waals surface area contributed by atoms with Crippen LogP contribution in [0.3, 0.4) is 0 Å². The molecule has 9 nitrogen and oxygen atoms in total. The number of amides is 1. The highest BCUT2D eigenvalue weighted by molar-refractivity contribution is 5.76. The maximum absolute atomic E-state index is 12.2. The van der Waals surface area contributed by atoms with Crippen LogP contribution in [0.1, 0.15) is 79.6 Å². The van der Waals surface area contributed by atoms with Crippen molar-refractivity contribution >= 4 is 11.9 Å². The van der Waals surface area contributed by atoms with Crippen molar-refractivity contribution in [1.29, 1.82) is 0 Å². The number of benzene rings is 3. The highest BCUT2D eigenvalue weighted by atomic mass is 16.7. The Kier molecular flexibility index (Phi) is 11.7. The van der Waals surface area contributed by atoms with Crippen molar-refractivity contribution in [2.75, 3.05) is 19.7 Å². The summed E-state index contributed by atoms with van der Waals surface area (Å²) in [5, 5.41) is 31.0. The summed E-state index contributed by atoms with van der Waals surface area (Å²) in [6.07, 6.45) is 3.44. The van der Waals surface area contributed by atoms with Crippen LogP contribution in [0.25, 0.3) is 11.1 Å². The zero-order valence-corrected chi connectivity index (χ0v) is 25.6. The van der Waals surface area contributed by atoms with Gasteiger partial charge in [-0.15, -0.1) is 0 Å².